The molecular weight excluding hydrogens is 637 g/mol. The van der Waals surface area contributed by atoms with Crippen molar-refractivity contribution in [1.82, 2.24) is 20.4 Å². The quantitative estimate of drug-likeness (QED) is 0.272. The van der Waals surface area contributed by atoms with Crippen molar-refractivity contribution in [2.45, 2.75) is 85.9 Å². The molecule has 2 aromatic carbocycles. The molecule has 272 valence electrons. The third kappa shape index (κ3) is 20.4. The molecule has 11 heteroatoms. The van der Waals surface area contributed by atoms with Gasteiger partial charge in [0.2, 0.25) is 18.7 Å². The Bertz CT molecular complexity index is 1410. The lowest BCUT2D eigenvalue weighted by Crippen LogP contribution is -2.41. The maximum atomic E-state index is 12.8. The number of nitrogens with zero attached hydrogens (tertiary/aromatic N) is 3. The lowest BCUT2D eigenvalue weighted by Gasteiger charge is -2.21. The molecule has 2 aliphatic rings. The van der Waals surface area contributed by atoms with E-state index in [-0.39, 0.29) is 37.0 Å². The standard InChI is InChI=1S/C17H18FNO2.C10H15N3O2.C7H9NO.C5H12/c1-13(11-14-7-9-16(18)10-8-14)19-17(20)21-12-15-5-3-2-4-6-15;1-8-3-9(4-11)13(5-8)10(15)6-12(2)7-14;9-6-8-7-4-2-1-3-5-7;1-5(2,3)4/h2-10,13H,11-12H2,1H3,(H,19,20);7-9H,3,5-6H2,1-2H3;2,4-6H,1,3H2,(H,8,9);1-4H3. The third-order valence-corrected chi connectivity index (χ3v) is 6.80. The van der Waals surface area contributed by atoms with Gasteiger partial charge < -0.3 is 25.2 Å². The summed E-state index contributed by atoms with van der Waals surface area (Å²) >= 11 is 0. The lowest BCUT2D eigenvalue weighted by molar-refractivity contribution is -0.135. The Kier molecular flexibility index (Phi) is 20.1. The Hall–Kier alpha value is -4.98. The van der Waals surface area contributed by atoms with Gasteiger partial charge in [0.15, 0.2) is 0 Å². The van der Waals surface area contributed by atoms with Crippen molar-refractivity contribution in [3.63, 3.8) is 0 Å². The van der Waals surface area contributed by atoms with Crippen molar-refractivity contribution in [3.05, 3.63) is 95.5 Å². The Morgan fingerprint density at radius 3 is 2.26 bits per heavy atom. The van der Waals surface area contributed by atoms with Gasteiger partial charge in [0, 0.05) is 25.3 Å². The molecule has 0 radical (unpaired) electrons. The van der Waals surface area contributed by atoms with Gasteiger partial charge in [-0.3, -0.25) is 14.4 Å². The number of benzene rings is 2. The van der Waals surface area contributed by atoms with Crippen LogP contribution in [-0.4, -0.2) is 66.8 Å². The van der Waals surface area contributed by atoms with Gasteiger partial charge in [-0.2, -0.15) is 5.26 Å². The molecule has 0 saturated carbocycles. The van der Waals surface area contributed by atoms with Crippen LogP contribution in [0.15, 0.2) is 78.5 Å². The summed E-state index contributed by atoms with van der Waals surface area (Å²) in [5.74, 6) is -0.0535. The molecule has 3 unspecified atom stereocenters. The summed E-state index contributed by atoms with van der Waals surface area (Å²) in [6, 6.07) is 17.5. The zero-order valence-corrected chi connectivity index (χ0v) is 30.5. The minimum atomic E-state index is -0.450. The van der Waals surface area contributed by atoms with Crippen LogP contribution in [-0.2, 0) is 32.1 Å². The first-order chi connectivity index (χ1) is 23.6. The van der Waals surface area contributed by atoms with E-state index in [0.717, 1.165) is 36.1 Å². The number of alkyl carbamates (subject to hydrolysis) is 1. The Morgan fingerprint density at radius 1 is 1.08 bits per heavy atom. The molecule has 2 aromatic rings. The van der Waals surface area contributed by atoms with Gasteiger partial charge in [-0.05, 0) is 73.3 Å². The molecular formula is C39H54FN5O5. The molecule has 1 aliphatic heterocycles. The summed E-state index contributed by atoms with van der Waals surface area (Å²) in [5.41, 5.74) is 3.32. The number of halogens is 1. The summed E-state index contributed by atoms with van der Waals surface area (Å²) in [4.78, 5) is 46.5. The van der Waals surface area contributed by atoms with E-state index < -0.39 is 6.09 Å². The Morgan fingerprint density at radius 2 is 1.72 bits per heavy atom. The second kappa shape index (κ2) is 23.4. The first-order valence-electron chi connectivity index (χ1n) is 16.8. The van der Waals surface area contributed by atoms with Crippen molar-refractivity contribution in [1.29, 1.82) is 5.26 Å². The van der Waals surface area contributed by atoms with Crippen LogP contribution in [0.1, 0.15) is 71.9 Å². The van der Waals surface area contributed by atoms with Gasteiger partial charge in [-0.15, -0.1) is 0 Å². The monoisotopic (exact) mass is 691 g/mol. The van der Waals surface area contributed by atoms with Gasteiger partial charge in [-0.1, -0.05) is 89.2 Å². The molecule has 2 N–H and O–H groups in total. The predicted molar refractivity (Wildman–Crippen MR) is 194 cm³/mol. The number of ether oxygens (including phenoxy) is 1. The Balaban J connectivity index is 0.000000374. The highest BCUT2D eigenvalue weighted by atomic mass is 19.1. The molecule has 10 nitrogen and oxygen atoms in total. The van der Waals surface area contributed by atoms with Crippen LogP contribution >= 0.6 is 0 Å². The maximum absolute atomic E-state index is 12.8. The van der Waals surface area contributed by atoms with Crippen LogP contribution in [0.4, 0.5) is 9.18 Å². The second-order valence-electron chi connectivity index (χ2n) is 13.9. The van der Waals surface area contributed by atoms with Crippen LogP contribution in [0.5, 0.6) is 0 Å². The highest BCUT2D eigenvalue weighted by molar-refractivity contribution is 5.81. The minimum Gasteiger partial charge on any atom is -0.445 e. The van der Waals surface area contributed by atoms with Crippen LogP contribution in [0.25, 0.3) is 0 Å². The summed E-state index contributed by atoms with van der Waals surface area (Å²) in [7, 11) is 1.55. The van der Waals surface area contributed by atoms with E-state index in [9.17, 15) is 23.6 Å². The molecule has 1 saturated heterocycles. The van der Waals surface area contributed by atoms with Gasteiger partial charge >= 0.3 is 6.09 Å². The van der Waals surface area contributed by atoms with E-state index in [1.165, 1.54) is 17.0 Å². The van der Waals surface area contributed by atoms with Crippen LogP contribution in [0.3, 0.4) is 0 Å². The number of amides is 4. The molecule has 0 aromatic heterocycles. The highest BCUT2D eigenvalue weighted by Crippen LogP contribution is 2.22. The SMILES string of the molecule is CC(C)(C)C.CC(Cc1ccc(F)cc1)NC(=O)OCc1ccccc1.CC1CC(C#N)N(C(=O)CN(C)C=O)C1.O=CNC1=CCCC=C1. The predicted octanol–water partition coefficient (Wildman–Crippen LogP) is 6.54. The number of nitriles is 1. The second-order valence-corrected chi connectivity index (χ2v) is 13.9. The molecule has 1 heterocycles. The van der Waals surface area contributed by atoms with Crippen molar-refractivity contribution in [3.8, 4) is 6.07 Å². The first kappa shape index (κ1) is 43.0. The van der Waals surface area contributed by atoms with E-state index in [2.05, 4.69) is 44.4 Å². The number of carbonyl (C=O) groups excluding carboxylic acids is 4. The number of carbonyl (C=O) groups is 4. The first-order valence-corrected chi connectivity index (χ1v) is 16.8. The molecule has 1 aliphatic carbocycles. The van der Waals surface area contributed by atoms with Crippen molar-refractivity contribution >= 4 is 24.8 Å². The van der Waals surface area contributed by atoms with E-state index in [0.29, 0.717) is 37.1 Å². The molecule has 50 heavy (non-hydrogen) atoms. The van der Waals surface area contributed by atoms with Crippen LogP contribution < -0.4 is 10.6 Å². The number of nitrogens with one attached hydrogen (secondary N) is 2. The largest absolute Gasteiger partial charge is 0.445 e. The molecule has 0 bridgehead atoms. The Labute approximate surface area is 297 Å². The van der Waals surface area contributed by atoms with E-state index in [1.807, 2.05) is 62.4 Å². The summed E-state index contributed by atoms with van der Waals surface area (Å²) in [6.45, 7) is 13.6. The third-order valence-electron chi connectivity index (χ3n) is 6.80. The molecule has 4 rings (SSSR count). The molecule has 1 fully saturated rings. The fourth-order valence-corrected chi connectivity index (χ4v) is 4.56. The van der Waals surface area contributed by atoms with Crippen molar-refractivity contribution < 1.29 is 28.3 Å². The van der Waals surface area contributed by atoms with Crippen LogP contribution in [0, 0.1) is 28.5 Å². The fraction of sp³-hybridized carbons (Fsp3) is 0.462. The van der Waals surface area contributed by atoms with Crippen molar-refractivity contribution in [2.24, 2.45) is 11.3 Å². The highest BCUT2D eigenvalue weighted by Gasteiger charge is 2.33. The topological polar surface area (TPSA) is 132 Å². The fourth-order valence-electron chi connectivity index (χ4n) is 4.56. The number of hydrogen-bond acceptors (Lipinski definition) is 6. The smallest absolute Gasteiger partial charge is 0.407 e. The average molecular weight is 692 g/mol. The molecule has 4 amide bonds. The van der Waals surface area contributed by atoms with Gasteiger partial charge in [0.05, 0.1) is 12.6 Å². The average Bonchev–Trinajstić information content (AvgIpc) is 3.46. The van der Waals surface area contributed by atoms with Gasteiger partial charge in [-0.25, -0.2) is 9.18 Å². The molecule has 3 atom stereocenters. The lowest BCUT2D eigenvalue weighted by atomic mass is 10.0. The summed E-state index contributed by atoms with van der Waals surface area (Å²) in [5, 5.41) is 14.2. The van der Waals surface area contributed by atoms with E-state index in [4.69, 9.17) is 10.00 Å². The van der Waals surface area contributed by atoms with Crippen LogP contribution in [0.2, 0.25) is 0 Å². The number of hydrogen-bond donors (Lipinski definition) is 2. The number of rotatable bonds is 10. The minimum absolute atomic E-state index is 0.0500. The van der Waals surface area contributed by atoms with Gasteiger partial charge in [0.25, 0.3) is 0 Å². The summed E-state index contributed by atoms with van der Waals surface area (Å²) < 4.78 is 18.0. The normalized spacial score (nSPS) is 16.5. The number of allylic oxidation sites excluding steroid dienone is 3. The van der Waals surface area contributed by atoms with E-state index in [1.54, 1.807) is 24.1 Å². The number of likely N-dealkylation sites (N-methyl/N-ethyl adjacent to an activating group) is 1. The molecule has 0 spiro atoms. The maximum Gasteiger partial charge on any atom is 0.407 e. The van der Waals surface area contributed by atoms with Gasteiger partial charge in [0.1, 0.15) is 18.5 Å². The van der Waals surface area contributed by atoms with E-state index >= 15 is 0 Å². The van der Waals surface area contributed by atoms with Crippen molar-refractivity contribution in [2.75, 3.05) is 20.1 Å². The zero-order valence-electron chi connectivity index (χ0n) is 30.5. The zero-order chi connectivity index (χ0) is 37.5. The summed E-state index contributed by atoms with van der Waals surface area (Å²) in [6.07, 6.45) is 10.3. The number of likely N-dealkylation sites (tertiary alicyclic amines) is 1.